The standard InChI is InChI=1S/C15H14N3O2/c19-18(17-20-11-12-6-2-1-3-7-12)15-10-16-14-9-5-4-8-13(14)15/h1-10,16H,11H2,(H,17,19)/q+1. The predicted molar refractivity (Wildman–Crippen MR) is 76.0 cm³/mol. The van der Waals surface area contributed by atoms with E-state index in [1.165, 1.54) is 0 Å². The van der Waals surface area contributed by atoms with Crippen LogP contribution in [-0.2, 0) is 11.4 Å². The Morgan fingerprint density at radius 3 is 2.65 bits per heavy atom. The second kappa shape index (κ2) is 5.54. The van der Waals surface area contributed by atoms with Gasteiger partial charge >= 0.3 is 5.69 Å². The first kappa shape index (κ1) is 12.4. The lowest BCUT2D eigenvalue weighted by atomic mass is 10.2. The number of para-hydroxylation sites is 1. The normalized spacial score (nSPS) is 10.6. The Morgan fingerprint density at radius 1 is 1.05 bits per heavy atom. The number of aromatic nitrogens is 1. The first-order chi connectivity index (χ1) is 9.84. The number of aromatic amines is 1. The number of hydrogen-bond donors (Lipinski definition) is 2. The quantitative estimate of drug-likeness (QED) is 0.552. The van der Waals surface area contributed by atoms with Gasteiger partial charge in [0.25, 0.3) is 0 Å². The highest BCUT2D eigenvalue weighted by atomic mass is 16.7. The van der Waals surface area contributed by atoms with Gasteiger partial charge in [0.2, 0.25) is 0 Å². The number of H-pyrrole nitrogens is 1. The first-order valence-electron chi connectivity index (χ1n) is 6.29. The summed E-state index contributed by atoms with van der Waals surface area (Å²) in [7, 11) is 0. The number of fused-ring (bicyclic) bond motifs is 1. The molecule has 3 aromatic rings. The number of nitrogens with zero attached hydrogens (tertiary/aromatic N) is 1. The van der Waals surface area contributed by atoms with Crippen molar-refractivity contribution in [1.29, 1.82) is 0 Å². The van der Waals surface area contributed by atoms with Crippen molar-refractivity contribution in [2.24, 2.45) is 0 Å². The van der Waals surface area contributed by atoms with Crippen molar-refractivity contribution in [3.05, 3.63) is 71.3 Å². The molecular weight excluding hydrogens is 254 g/mol. The van der Waals surface area contributed by atoms with Crippen LogP contribution in [0.1, 0.15) is 5.56 Å². The number of hydrogen-bond acceptors (Lipinski definition) is 2. The van der Waals surface area contributed by atoms with Crippen molar-refractivity contribution in [2.75, 3.05) is 0 Å². The fourth-order valence-electron chi connectivity index (χ4n) is 2.02. The van der Waals surface area contributed by atoms with Crippen LogP contribution in [0.15, 0.2) is 60.8 Å². The van der Waals surface area contributed by atoms with E-state index in [1.807, 2.05) is 54.6 Å². The fourth-order valence-corrected chi connectivity index (χ4v) is 2.02. The zero-order valence-corrected chi connectivity index (χ0v) is 10.7. The number of nitroso groups, excluding NO2 is 1. The van der Waals surface area contributed by atoms with Gasteiger partial charge < -0.3 is 4.98 Å². The van der Waals surface area contributed by atoms with Crippen molar-refractivity contribution in [3.8, 4) is 0 Å². The molecule has 5 heteroatoms. The lowest BCUT2D eigenvalue weighted by Crippen LogP contribution is -2.22. The molecule has 0 bridgehead atoms. The molecule has 100 valence electrons. The third kappa shape index (κ3) is 2.53. The molecule has 0 aliphatic heterocycles. The first-order valence-corrected chi connectivity index (χ1v) is 6.29. The van der Waals surface area contributed by atoms with Gasteiger partial charge in [0, 0.05) is 0 Å². The highest BCUT2D eigenvalue weighted by molar-refractivity contribution is 5.88. The van der Waals surface area contributed by atoms with Gasteiger partial charge in [0.05, 0.1) is 22.0 Å². The van der Waals surface area contributed by atoms with Crippen LogP contribution >= 0.6 is 0 Å². The number of rotatable bonds is 5. The summed E-state index contributed by atoms with van der Waals surface area (Å²) in [5, 5.41) is 0.846. The molecule has 3 rings (SSSR count). The lowest BCUT2D eigenvalue weighted by Gasteiger charge is -1.99. The molecular formula is C15H14N3O2+. The Morgan fingerprint density at radius 2 is 1.80 bits per heavy atom. The van der Waals surface area contributed by atoms with Gasteiger partial charge in [-0.2, -0.15) is 0 Å². The molecule has 0 spiro atoms. The van der Waals surface area contributed by atoms with Crippen molar-refractivity contribution in [3.63, 3.8) is 0 Å². The molecule has 1 aromatic heterocycles. The molecule has 0 unspecified atom stereocenters. The molecule has 0 saturated carbocycles. The number of hydrazine groups is 1. The van der Waals surface area contributed by atoms with Gasteiger partial charge in [0.15, 0.2) is 4.87 Å². The lowest BCUT2D eigenvalue weighted by molar-refractivity contribution is -0.593. The van der Waals surface area contributed by atoms with Crippen LogP contribution in [0, 0.1) is 4.91 Å². The van der Waals surface area contributed by atoms with E-state index in [9.17, 15) is 4.91 Å². The smallest absolute Gasteiger partial charge is 0.319 e. The molecule has 0 atom stereocenters. The summed E-state index contributed by atoms with van der Waals surface area (Å²) in [5.41, 5.74) is 4.78. The van der Waals surface area contributed by atoms with Gasteiger partial charge in [-0.1, -0.05) is 42.5 Å². The summed E-state index contributed by atoms with van der Waals surface area (Å²) in [6.45, 7) is 0.321. The molecule has 1 heterocycles. The van der Waals surface area contributed by atoms with E-state index in [0.29, 0.717) is 17.2 Å². The molecule has 2 aromatic carbocycles. The third-order valence-corrected chi connectivity index (χ3v) is 3.02. The van der Waals surface area contributed by atoms with E-state index in [0.717, 1.165) is 16.5 Å². The predicted octanol–water partition coefficient (Wildman–Crippen LogP) is 3.21. The second-order valence-electron chi connectivity index (χ2n) is 4.38. The molecule has 0 radical (unpaired) electrons. The highest BCUT2D eigenvalue weighted by Gasteiger charge is 2.19. The fraction of sp³-hybridized carbons (Fsp3) is 0.0667. The Kier molecular flexibility index (Phi) is 3.43. The average Bonchev–Trinajstić information content (AvgIpc) is 2.92. The maximum atomic E-state index is 12.0. The monoisotopic (exact) mass is 268 g/mol. The molecule has 0 saturated heterocycles. The van der Waals surface area contributed by atoms with Crippen molar-refractivity contribution < 1.29 is 9.71 Å². The summed E-state index contributed by atoms with van der Waals surface area (Å²) >= 11 is 0. The van der Waals surface area contributed by atoms with Gasteiger partial charge in [0.1, 0.15) is 6.61 Å². The zero-order chi connectivity index (χ0) is 13.8. The molecule has 20 heavy (non-hydrogen) atoms. The van der Waals surface area contributed by atoms with Crippen molar-refractivity contribution in [1.82, 2.24) is 10.6 Å². The van der Waals surface area contributed by atoms with Crippen LogP contribution in [0.5, 0.6) is 0 Å². The summed E-state index contributed by atoms with van der Waals surface area (Å²) < 4.78 is 0. The summed E-state index contributed by atoms with van der Waals surface area (Å²) in [5.74, 6) is 0. The Bertz CT molecular complexity index is 722. The van der Waals surface area contributed by atoms with Gasteiger partial charge in [-0.05, 0) is 23.3 Å². The van der Waals surface area contributed by atoms with E-state index >= 15 is 0 Å². The SMILES string of the molecule is O=[N+](NOCc1ccccc1)c1c[nH]c2ccccc12. The van der Waals surface area contributed by atoms with Crippen LogP contribution < -0.4 is 5.59 Å². The van der Waals surface area contributed by atoms with Crippen LogP contribution in [-0.4, -0.2) is 9.85 Å². The molecule has 5 nitrogen and oxygen atoms in total. The minimum absolute atomic E-state index is 0.321. The second-order valence-corrected chi connectivity index (χ2v) is 4.38. The van der Waals surface area contributed by atoms with E-state index in [4.69, 9.17) is 4.84 Å². The molecule has 0 aliphatic carbocycles. The van der Waals surface area contributed by atoms with E-state index in [2.05, 4.69) is 10.6 Å². The van der Waals surface area contributed by atoms with Crippen LogP contribution in [0.3, 0.4) is 0 Å². The van der Waals surface area contributed by atoms with Crippen LogP contribution in [0.4, 0.5) is 5.69 Å². The van der Waals surface area contributed by atoms with Gasteiger partial charge in [-0.15, -0.1) is 0 Å². The third-order valence-electron chi connectivity index (χ3n) is 3.02. The largest absolute Gasteiger partial charge is 0.355 e. The molecule has 0 fully saturated rings. The summed E-state index contributed by atoms with van der Waals surface area (Å²) in [4.78, 5) is 20.8. The summed E-state index contributed by atoms with van der Waals surface area (Å²) in [6, 6.07) is 17.2. The highest BCUT2D eigenvalue weighted by Crippen LogP contribution is 2.23. The van der Waals surface area contributed by atoms with Gasteiger partial charge in [-0.25, -0.2) is 4.84 Å². The van der Waals surface area contributed by atoms with E-state index < -0.39 is 0 Å². The number of benzene rings is 2. The minimum Gasteiger partial charge on any atom is -0.355 e. The van der Waals surface area contributed by atoms with E-state index in [-0.39, 0.29) is 0 Å². The molecule has 2 N–H and O–H groups in total. The Labute approximate surface area is 115 Å². The van der Waals surface area contributed by atoms with Crippen molar-refractivity contribution in [2.45, 2.75) is 6.61 Å². The van der Waals surface area contributed by atoms with Crippen LogP contribution in [0.2, 0.25) is 0 Å². The van der Waals surface area contributed by atoms with E-state index in [1.54, 1.807) is 6.20 Å². The Balaban J connectivity index is 1.65. The minimum atomic E-state index is 0.321. The molecule has 0 amide bonds. The van der Waals surface area contributed by atoms with Gasteiger partial charge in [-0.3, -0.25) is 0 Å². The maximum Gasteiger partial charge on any atom is 0.319 e. The molecule has 0 aliphatic rings. The average molecular weight is 268 g/mol. The Hall–Kier alpha value is -2.66. The summed E-state index contributed by atoms with van der Waals surface area (Å²) in [6.07, 6.45) is 1.65. The maximum absolute atomic E-state index is 12.0. The zero-order valence-electron chi connectivity index (χ0n) is 10.7. The topological polar surface area (TPSA) is 57.1 Å². The van der Waals surface area contributed by atoms with Crippen LogP contribution in [0.25, 0.3) is 10.9 Å². The van der Waals surface area contributed by atoms with Crippen molar-refractivity contribution >= 4 is 16.6 Å². The number of nitrogens with one attached hydrogen (secondary N) is 2.